The van der Waals surface area contributed by atoms with E-state index >= 15 is 0 Å². The molecule has 19 heavy (non-hydrogen) atoms. The zero-order chi connectivity index (χ0) is 14.4. The smallest absolute Gasteiger partial charge is 0.295 e. The summed E-state index contributed by atoms with van der Waals surface area (Å²) in [6, 6.07) is 5.02. The Labute approximate surface area is 109 Å². The number of alkyl halides is 3. The van der Waals surface area contributed by atoms with Crippen molar-refractivity contribution in [2.24, 2.45) is 0 Å². The summed E-state index contributed by atoms with van der Waals surface area (Å²) in [5.74, 6) is -1.84. The maximum Gasteiger partial charge on any atom is 0.471 e. The van der Waals surface area contributed by atoms with Crippen LogP contribution < -0.4 is 4.90 Å². The predicted molar refractivity (Wildman–Crippen MR) is 67.8 cm³/mol. The van der Waals surface area contributed by atoms with Gasteiger partial charge in [-0.1, -0.05) is 23.8 Å². The molecule has 1 amide bonds. The molecule has 0 fully saturated rings. The molecule has 1 aliphatic heterocycles. The highest BCUT2D eigenvalue weighted by molar-refractivity contribution is 6.02. The SMILES string of the molecule is Cc1ccc2c(c1)C=CC(C)(C)N2C(=O)C(F)(F)F. The van der Waals surface area contributed by atoms with Crippen LogP contribution in [0.5, 0.6) is 0 Å². The normalized spacial score (nSPS) is 17.3. The Morgan fingerprint density at radius 2 is 1.89 bits per heavy atom. The van der Waals surface area contributed by atoms with Gasteiger partial charge < -0.3 is 0 Å². The largest absolute Gasteiger partial charge is 0.471 e. The van der Waals surface area contributed by atoms with Gasteiger partial charge in [-0.25, -0.2) is 0 Å². The molecular weight excluding hydrogens is 255 g/mol. The van der Waals surface area contributed by atoms with E-state index in [9.17, 15) is 18.0 Å². The van der Waals surface area contributed by atoms with Crippen molar-refractivity contribution in [2.45, 2.75) is 32.5 Å². The molecular formula is C14H14F3NO. The van der Waals surface area contributed by atoms with Crippen LogP contribution in [0.15, 0.2) is 24.3 Å². The molecule has 0 spiro atoms. The molecule has 0 saturated heterocycles. The van der Waals surface area contributed by atoms with E-state index in [-0.39, 0.29) is 0 Å². The number of anilines is 1. The van der Waals surface area contributed by atoms with Gasteiger partial charge in [0.2, 0.25) is 0 Å². The number of hydrogen-bond acceptors (Lipinski definition) is 1. The average molecular weight is 269 g/mol. The molecule has 0 radical (unpaired) electrons. The van der Waals surface area contributed by atoms with E-state index in [1.165, 1.54) is 0 Å². The van der Waals surface area contributed by atoms with Gasteiger partial charge in [0.1, 0.15) is 0 Å². The lowest BCUT2D eigenvalue weighted by atomic mass is 9.92. The zero-order valence-corrected chi connectivity index (χ0v) is 10.9. The lowest BCUT2D eigenvalue weighted by Crippen LogP contribution is -2.53. The van der Waals surface area contributed by atoms with Crippen molar-refractivity contribution in [3.05, 3.63) is 35.4 Å². The first-order chi connectivity index (χ1) is 8.63. The van der Waals surface area contributed by atoms with Crippen molar-refractivity contribution in [2.75, 3.05) is 4.90 Å². The van der Waals surface area contributed by atoms with Gasteiger partial charge >= 0.3 is 12.1 Å². The second kappa shape index (κ2) is 4.11. The Bertz CT molecular complexity index is 558. The molecule has 1 aromatic carbocycles. The van der Waals surface area contributed by atoms with E-state index in [0.717, 1.165) is 10.5 Å². The predicted octanol–water partition coefficient (Wildman–Crippen LogP) is 3.70. The summed E-state index contributed by atoms with van der Waals surface area (Å²) in [5, 5.41) is 0. The van der Waals surface area contributed by atoms with Gasteiger partial charge in [0, 0.05) is 0 Å². The minimum atomic E-state index is -4.88. The van der Waals surface area contributed by atoms with Gasteiger partial charge in [-0.15, -0.1) is 0 Å². The second-order valence-electron chi connectivity index (χ2n) is 5.19. The molecule has 1 aromatic rings. The van der Waals surface area contributed by atoms with E-state index in [1.54, 1.807) is 44.2 Å². The third-order valence-electron chi connectivity index (χ3n) is 3.12. The topological polar surface area (TPSA) is 20.3 Å². The zero-order valence-electron chi connectivity index (χ0n) is 10.9. The Hall–Kier alpha value is -1.78. The molecule has 0 N–H and O–H groups in total. The molecule has 1 aliphatic rings. The number of halogens is 3. The first-order valence-corrected chi connectivity index (χ1v) is 5.84. The van der Waals surface area contributed by atoms with Crippen LogP contribution >= 0.6 is 0 Å². The van der Waals surface area contributed by atoms with Crippen molar-refractivity contribution < 1.29 is 18.0 Å². The van der Waals surface area contributed by atoms with E-state index in [4.69, 9.17) is 0 Å². The number of rotatable bonds is 0. The lowest BCUT2D eigenvalue weighted by molar-refractivity contribution is -0.171. The van der Waals surface area contributed by atoms with Crippen LogP contribution in [0.4, 0.5) is 18.9 Å². The highest BCUT2D eigenvalue weighted by Crippen LogP contribution is 2.37. The molecule has 0 aliphatic carbocycles. The van der Waals surface area contributed by atoms with Gasteiger partial charge in [0.25, 0.3) is 0 Å². The summed E-state index contributed by atoms with van der Waals surface area (Å²) < 4.78 is 38.2. The van der Waals surface area contributed by atoms with Crippen LogP contribution in [-0.4, -0.2) is 17.6 Å². The summed E-state index contributed by atoms with van der Waals surface area (Å²) in [7, 11) is 0. The van der Waals surface area contributed by atoms with E-state index < -0.39 is 17.6 Å². The first kappa shape index (κ1) is 13.6. The Kier molecular flexibility index (Phi) is 2.96. The number of fused-ring (bicyclic) bond motifs is 1. The molecule has 1 heterocycles. The average Bonchev–Trinajstić information content (AvgIpc) is 2.27. The second-order valence-corrected chi connectivity index (χ2v) is 5.19. The van der Waals surface area contributed by atoms with Crippen molar-refractivity contribution in [3.8, 4) is 0 Å². The van der Waals surface area contributed by atoms with E-state index in [2.05, 4.69) is 0 Å². The molecule has 0 unspecified atom stereocenters. The fourth-order valence-corrected chi connectivity index (χ4v) is 2.19. The third kappa shape index (κ3) is 2.37. The third-order valence-corrected chi connectivity index (χ3v) is 3.12. The van der Waals surface area contributed by atoms with Crippen molar-refractivity contribution in [1.82, 2.24) is 0 Å². The monoisotopic (exact) mass is 269 g/mol. The van der Waals surface area contributed by atoms with Gasteiger partial charge in [0.15, 0.2) is 0 Å². The molecule has 0 aromatic heterocycles. The number of hydrogen-bond donors (Lipinski definition) is 0. The molecule has 0 saturated carbocycles. The number of nitrogens with zero attached hydrogens (tertiary/aromatic N) is 1. The Balaban J connectivity index is 2.59. The van der Waals surface area contributed by atoms with Gasteiger partial charge in [0.05, 0.1) is 11.2 Å². The van der Waals surface area contributed by atoms with Crippen LogP contribution in [0.1, 0.15) is 25.0 Å². The van der Waals surface area contributed by atoms with E-state index in [1.807, 2.05) is 6.92 Å². The Morgan fingerprint density at radius 3 is 2.47 bits per heavy atom. The highest BCUT2D eigenvalue weighted by atomic mass is 19.4. The van der Waals surface area contributed by atoms with Crippen molar-refractivity contribution >= 4 is 17.7 Å². The quantitative estimate of drug-likeness (QED) is 0.703. The summed E-state index contributed by atoms with van der Waals surface area (Å²) in [6.07, 6.45) is -1.52. The molecule has 2 nitrogen and oxygen atoms in total. The maximum atomic E-state index is 12.7. The lowest BCUT2D eigenvalue weighted by Gasteiger charge is -2.40. The fourth-order valence-electron chi connectivity index (χ4n) is 2.19. The minimum Gasteiger partial charge on any atom is -0.295 e. The van der Waals surface area contributed by atoms with Crippen LogP contribution in [0, 0.1) is 6.92 Å². The van der Waals surface area contributed by atoms with Crippen LogP contribution in [0.3, 0.4) is 0 Å². The number of aryl methyl sites for hydroxylation is 1. The maximum absolute atomic E-state index is 12.7. The Morgan fingerprint density at radius 1 is 1.26 bits per heavy atom. The van der Waals surface area contributed by atoms with Crippen LogP contribution in [0.2, 0.25) is 0 Å². The number of carbonyl (C=O) groups excluding carboxylic acids is 1. The molecule has 0 atom stereocenters. The summed E-state index contributed by atoms with van der Waals surface area (Å²) in [4.78, 5) is 12.5. The summed E-state index contributed by atoms with van der Waals surface area (Å²) in [5.41, 5.74) is 0.842. The van der Waals surface area contributed by atoms with Crippen LogP contribution in [-0.2, 0) is 4.79 Å². The summed E-state index contributed by atoms with van der Waals surface area (Å²) >= 11 is 0. The standard InChI is InChI=1S/C14H14F3NO/c1-9-4-5-11-10(8-9)6-7-13(2,3)18(11)12(19)14(15,16)17/h4-8H,1-3H3. The van der Waals surface area contributed by atoms with Crippen molar-refractivity contribution in [1.29, 1.82) is 0 Å². The number of amides is 1. The first-order valence-electron chi connectivity index (χ1n) is 5.84. The van der Waals surface area contributed by atoms with Gasteiger partial charge in [-0.2, -0.15) is 13.2 Å². The van der Waals surface area contributed by atoms with Gasteiger partial charge in [-0.3, -0.25) is 9.69 Å². The molecule has 102 valence electrons. The van der Waals surface area contributed by atoms with E-state index in [0.29, 0.717) is 11.3 Å². The summed E-state index contributed by atoms with van der Waals surface area (Å²) in [6.45, 7) is 5.01. The molecule has 2 rings (SSSR count). The van der Waals surface area contributed by atoms with Crippen molar-refractivity contribution in [3.63, 3.8) is 0 Å². The number of benzene rings is 1. The number of carbonyl (C=O) groups is 1. The molecule has 5 heteroatoms. The fraction of sp³-hybridized carbons (Fsp3) is 0.357. The van der Waals surface area contributed by atoms with Crippen LogP contribution in [0.25, 0.3) is 6.08 Å². The minimum absolute atomic E-state index is 0.292. The van der Waals surface area contributed by atoms with Gasteiger partial charge in [-0.05, 0) is 38.5 Å². The molecule has 0 bridgehead atoms. The highest BCUT2D eigenvalue weighted by Gasteiger charge is 2.48.